The molecule has 29 heavy (non-hydrogen) atoms. The molecule has 0 fully saturated rings. The fourth-order valence-corrected chi connectivity index (χ4v) is 4.67. The van der Waals surface area contributed by atoms with E-state index >= 15 is 0 Å². The summed E-state index contributed by atoms with van der Waals surface area (Å²) in [4.78, 5) is 31.3. The third kappa shape index (κ3) is 6.88. The monoisotopic (exact) mass is 473 g/mol. The van der Waals surface area contributed by atoms with Crippen molar-refractivity contribution in [3.63, 3.8) is 0 Å². The highest BCUT2D eigenvalue weighted by Gasteiger charge is 2.23. The molecule has 2 N–H and O–H groups in total. The second-order valence-corrected chi connectivity index (χ2v) is 9.33. The number of carbonyl (C=O) groups is 2. The Morgan fingerprint density at radius 2 is 2.03 bits per heavy atom. The van der Waals surface area contributed by atoms with E-state index in [1.54, 1.807) is 23.9 Å². The van der Waals surface area contributed by atoms with Crippen molar-refractivity contribution in [2.75, 3.05) is 17.3 Å². The van der Waals surface area contributed by atoms with Gasteiger partial charge in [-0.15, -0.1) is 11.3 Å². The van der Waals surface area contributed by atoms with E-state index < -0.39 is 11.9 Å². The van der Waals surface area contributed by atoms with Crippen LogP contribution in [-0.2, 0) is 17.6 Å². The first-order valence-corrected chi connectivity index (χ1v) is 12.4. The van der Waals surface area contributed by atoms with Gasteiger partial charge in [0, 0.05) is 9.90 Å². The maximum atomic E-state index is 12.9. The van der Waals surface area contributed by atoms with Gasteiger partial charge in [-0.1, -0.05) is 43.5 Å². The molecule has 0 spiro atoms. The fourth-order valence-electron chi connectivity index (χ4n) is 2.75. The molecule has 2 aromatic rings. The van der Waals surface area contributed by atoms with Gasteiger partial charge in [-0.05, 0) is 49.5 Å². The SMILES string of the molecule is CCCc1nc(NC(=O)C(CCSC)NC(=O)c2ccc(Cl)cc2Cl)sc1CC. The smallest absolute Gasteiger partial charge is 0.253 e. The number of thioether (sulfide) groups is 1. The number of amides is 2. The van der Waals surface area contributed by atoms with E-state index in [-0.39, 0.29) is 16.5 Å². The molecule has 0 aliphatic carbocycles. The summed E-state index contributed by atoms with van der Waals surface area (Å²) in [6, 6.07) is 3.96. The molecule has 2 rings (SSSR count). The number of halogens is 2. The summed E-state index contributed by atoms with van der Waals surface area (Å²) in [5, 5.41) is 6.93. The minimum Gasteiger partial charge on any atom is -0.340 e. The number of aryl methyl sites for hydroxylation is 2. The van der Waals surface area contributed by atoms with Gasteiger partial charge in [0.15, 0.2) is 5.13 Å². The summed E-state index contributed by atoms with van der Waals surface area (Å²) in [6.07, 6.45) is 5.22. The summed E-state index contributed by atoms with van der Waals surface area (Å²) in [6.45, 7) is 4.18. The van der Waals surface area contributed by atoms with Crippen LogP contribution in [-0.4, -0.2) is 34.8 Å². The van der Waals surface area contributed by atoms with Crippen molar-refractivity contribution in [2.45, 2.75) is 45.6 Å². The zero-order chi connectivity index (χ0) is 21.4. The van der Waals surface area contributed by atoms with Crippen LogP contribution in [0.5, 0.6) is 0 Å². The molecule has 1 unspecified atom stereocenters. The van der Waals surface area contributed by atoms with Crippen LogP contribution in [0.25, 0.3) is 0 Å². The lowest BCUT2D eigenvalue weighted by atomic mass is 10.1. The van der Waals surface area contributed by atoms with Gasteiger partial charge in [-0.2, -0.15) is 11.8 Å². The van der Waals surface area contributed by atoms with Gasteiger partial charge in [0.25, 0.3) is 5.91 Å². The van der Waals surface area contributed by atoms with E-state index in [4.69, 9.17) is 23.2 Å². The lowest BCUT2D eigenvalue weighted by Gasteiger charge is -2.18. The molecular formula is C20H25Cl2N3O2S2. The normalized spacial score (nSPS) is 11.9. The first-order valence-electron chi connectivity index (χ1n) is 9.43. The van der Waals surface area contributed by atoms with Gasteiger partial charge in [-0.25, -0.2) is 4.98 Å². The second kappa shape index (κ2) is 11.8. The van der Waals surface area contributed by atoms with Crippen LogP contribution in [0, 0.1) is 0 Å². The predicted molar refractivity (Wildman–Crippen MR) is 125 cm³/mol. The molecule has 5 nitrogen and oxygen atoms in total. The number of hydrogen-bond acceptors (Lipinski definition) is 5. The topological polar surface area (TPSA) is 71.1 Å². The van der Waals surface area contributed by atoms with Crippen LogP contribution in [0.2, 0.25) is 10.0 Å². The molecular weight excluding hydrogens is 449 g/mol. The average molecular weight is 474 g/mol. The van der Waals surface area contributed by atoms with Gasteiger partial charge in [0.2, 0.25) is 5.91 Å². The minimum atomic E-state index is -0.690. The third-order valence-corrected chi connectivity index (χ3v) is 6.57. The molecule has 0 radical (unpaired) electrons. The molecule has 9 heteroatoms. The van der Waals surface area contributed by atoms with E-state index in [9.17, 15) is 9.59 Å². The van der Waals surface area contributed by atoms with Gasteiger partial charge in [0.05, 0.1) is 16.3 Å². The number of aromatic nitrogens is 1. The Bertz CT molecular complexity index is 858. The van der Waals surface area contributed by atoms with Crippen molar-refractivity contribution < 1.29 is 9.59 Å². The molecule has 1 atom stereocenters. The van der Waals surface area contributed by atoms with E-state index in [1.165, 1.54) is 22.3 Å². The van der Waals surface area contributed by atoms with Gasteiger partial charge in [0.1, 0.15) is 6.04 Å². The van der Waals surface area contributed by atoms with Crippen LogP contribution in [0.4, 0.5) is 5.13 Å². The third-order valence-electron chi connectivity index (χ3n) is 4.22. The molecule has 158 valence electrons. The zero-order valence-electron chi connectivity index (χ0n) is 16.7. The summed E-state index contributed by atoms with van der Waals surface area (Å²) in [5.74, 6) is 0.0382. The summed E-state index contributed by atoms with van der Waals surface area (Å²) < 4.78 is 0. The molecule has 0 aliphatic heterocycles. The van der Waals surface area contributed by atoms with Crippen molar-refractivity contribution >= 4 is 63.2 Å². The Kier molecular flexibility index (Phi) is 9.75. The zero-order valence-corrected chi connectivity index (χ0v) is 19.8. The van der Waals surface area contributed by atoms with Crippen molar-refractivity contribution in [2.24, 2.45) is 0 Å². The molecule has 0 saturated carbocycles. The minimum absolute atomic E-state index is 0.246. The summed E-state index contributed by atoms with van der Waals surface area (Å²) in [7, 11) is 0. The molecule has 1 aromatic carbocycles. The standard InChI is InChI=1S/C20H25Cl2N3O2S2/c1-4-6-15-17(5-2)29-20(24-15)25-19(27)16(9-10-28-3)23-18(26)13-8-7-12(21)11-14(13)22/h7-8,11,16H,4-6,9-10H2,1-3H3,(H,23,26)(H,24,25,27). The highest BCUT2D eigenvalue weighted by Crippen LogP contribution is 2.25. The molecule has 0 saturated heterocycles. The van der Waals surface area contributed by atoms with Gasteiger partial charge >= 0.3 is 0 Å². The Labute approximate surface area is 190 Å². The van der Waals surface area contributed by atoms with Crippen LogP contribution >= 0.6 is 46.3 Å². The van der Waals surface area contributed by atoms with Gasteiger partial charge < -0.3 is 10.6 Å². The fraction of sp³-hybridized carbons (Fsp3) is 0.450. The van der Waals surface area contributed by atoms with Crippen LogP contribution in [0.15, 0.2) is 18.2 Å². The maximum absolute atomic E-state index is 12.9. The summed E-state index contributed by atoms with van der Waals surface area (Å²) >= 11 is 15.1. The van der Waals surface area contributed by atoms with Crippen LogP contribution in [0.1, 0.15) is 47.6 Å². The number of rotatable bonds is 10. The number of anilines is 1. The average Bonchev–Trinajstić information content (AvgIpc) is 3.06. The van der Waals surface area contributed by atoms with E-state index in [1.807, 2.05) is 6.26 Å². The number of thiazole rings is 1. The van der Waals surface area contributed by atoms with Gasteiger partial charge in [-0.3, -0.25) is 9.59 Å². The Hall–Kier alpha value is -1.28. The Morgan fingerprint density at radius 3 is 2.66 bits per heavy atom. The molecule has 1 heterocycles. The lowest BCUT2D eigenvalue weighted by Crippen LogP contribution is -2.44. The van der Waals surface area contributed by atoms with E-state index in [2.05, 4.69) is 29.5 Å². The largest absolute Gasteiger partial charge is 0.340 e. The van der Waals surface area contributed by atoms with Crippen molar-refractivity contribution in [3.8, 4) is 0 Å². The number of nitrogens with zero attached hydrogens (tertiary/aromatic N) is 1. The van der Waals surface area contributed by atoms with Crippen molar-refractivity contribution in [1.82, 2.24) is 10.3 Å². The molecule has 0 bridgehead atoms. The van der Waals surface area contributed by atoms with Crippen LogP contribution in [0.3, 0.4) is 0 Å². The Morgan fingerprint density at radius 1 is 1.28 bits per heavy atom. The number of benzene rings is 1. The number of nitrogens with one attached hydrogen (secondary N) is 2. The van der Waals surface area contributed by atoms with Crippen molar-refractivity contribution in [1.29, 1.82) is 0 Å². The second-order valence-electron chi connectivity index (χ2n) is 6.41. The Balaban J connectivity index is 2.14. The highest BCUT2D eigenvalue weighted by molar-refractivity contribution is 7.98. The quantitative estimate of drug-likeness (QED) is 0.480. The predicted octanol–water partition coefficient (Wildman–Crippen LogP) is 5.46. The van der Waals surface area contributed by atoms with E-state index in [0.29, 0.717) is 16.6 Å². The number of carbonyl (C=O) groups excluding carboxylic acids is 2. The maximum Gasteiger partial charge on any atom is 0.253 e. The highest BCUT2D eigenvalue weighted by atomic mass is 35.5. The molecule has 1 aromatic heterocycles. The number of hydrogen-bond donors (Lipinski definition) is 2. The van der Waals surface area contributed by atoms with Crippen molar-refractivity contribution in [3.05, 3.63) is 44.4 Å². The first-order chi connectivity index (χ1) is 13.9. The molecule has 2 amide bonds. The first kappa shape index (κ1) is 24.0. The lowest BCUT2D eigenvalue weighted by molar-refractivity contribution is -0.118. The van der Waals surface area contributed by atoms with E-state index in [0.717, 1.165) is 30.7 Å². The summed E-state index contributed by atoms with van der Waals surface area (Å²) in [5.41, 5.74) is 1.32. The molecule has 0 aliphatic rings. The van der Waals surface area contributed by atoms with Crippen LogP contribution < -0.4 is 10.6 Å².